The molecule has 1 unspecified atom stereocenters. The first-order valence-electron chi connectivity index (χ1n) is 9.89. The van der Waals surface area contributed by atoms with Gasteiger partial charge in [0.25, 0.3) is 5.91 Å². The number of hydrogen-bond acceptors (Lipinski definition) is 7. The van der Waals surface area contributed by atoms with E-state index in [0.29, 0.717) is 5.56 Å². The van der Waals surface area contributed by atoms with Crippen LogP contribution in [0, 0.1) is 0 Å². The second-order valence-corrected chi connectivity index (χ2v) is 13.4. The molecule has 9 nitrogen and oxygen atoms in total. The minimum atomic E-state index is -1.83. The van der Waals surface area contributed by atoms with Crippen molar-refractivity contribution in [3.63, 3.8) is 0 Å². The number of nitrogens with one attached hydrogen (secondary N) is 2. The van der Waals surface area contributed by atoms with Crippen molar-refractivity contribution in [2.75, 3.05) is 12.9 Å². The van der Waals surface area contributed by atoms with Gasteiger partial charge in [0.05, 0.1) is 0 Å². The number of aliphatic carboxylic acids is 1. The van der Waals surface area contributed by atoms with Crippen molar-refractivity contribution in [2.45, 2.75) is 44.7 Å². The van der Waals surface area contributed by atoms with Gasteiger partial charge in [0.15, 0.2) is 4.87 Å². The number of nitrogens with zero attached hydrogens (tertiary/aromatic N) is 1. The van der Waals surface area contributed by atoms with Crippen molar-refractivity contribution in [1.29, 1.82) is 0 Å². The zero-order valence-electron chi connectivity index (χ0n) is 18.2. The molecule has 2 aliphatic heterocycles. The molecule has 3 rings (SSSR count). The quantitative estimate of drug-likeness (QED) is 0.259. The number of rotatable bonds is 7. The fraction of sp³-hybridized carbons (Fsp3) is 0.500. The number of carboxylic acid groups (broad SMARTS) is 1. The van der Waals surface area contributed by atoms with E-state index in [2.05, 4.69) is 10.6 Å². The predicted molar refractivity (Wildman–Crippen MR) is 132 cm³/mol. The topological polar surface area (TPSA) is 125 Å². The lowest BCUT2D eigenvalue weighted by Gasteiger charge is -2.52. The van der Waals surface area contributed by atoms with Crippen LogP contribution < -0.4 is 10.6 Å². The summed E-state index contributed by atoms with van der Waals surface area (Å²) in [7, 11) is 0. The number of halogens is 3. The molecular weight excluding hydrogens is 549 g/mol. The Hall–Kier alpha value is -1.53. The molecule has 186 valence electrons. The summed E-state index contributed by atoms with van der Waals surface area (Å²) in [5.74, 6) is -2.32. The standard InChI is InChI=1S/C20H22Cl3N3O6S2/c1-18(2)12(14(28)29)26-15(30)20(33-3,16(26)34-18)25-13(27)11(10-7-5-4-6-8-10)24-17(31)32-9-19(21,22)23/h4-8,11-12,16H,9H2,1-3H3,(H,24,31)(H,25,27)(H,28,29)/t11?,12-,16+,20-/m0/s1. The summed E-state index contributed by atoms with van der Waals surface area (Å²) in [5.41, 5.74) is 0.425. The number of hydrogen-bond donors (Lipinski definition) is 3. The number of benzene rings is 1. The number of amides is 3. The third-order valence-corrected chi connectivity index (χ3v) is 8.65. The van der Waals surface area contributed by atoms with Crippen LogP contribution in [-0.2, 0) is 19.1 Å². The molecule has 14 heteroatoms. The van der Waals surface area contributed by atoms with Gasteiger partial charge in [-0.05, 0) is 25.7 Å². The van der Waals surface area contributed by atoms with Crippen LogP contribution in [0.5, 0.6) is 0 Å². The molecule has 2 aliphatic rings. The Bertz CT molecular complexity index is 994. The molecule has 0 spiro atoms. The summed E-state index contributed by atoms with van der Waals surface area (Å²) in [6.45, 7) is 2.94. The zero-order valence-corrected chi connectivity index (χ0v) is 22.1. The van der Waals surface area contributed by atoms with Crippen LogP contribution in [0.1, 0.15) is 25.5 Å². The lowest BCUT2D eigenvalue weighted by Crippen LogP contribution is -2.78. The smallest absolute Gasteiger partial charge is 0.408 e. The van der Waals surface area contributed by atoms with E-state index in [9.17, 15) is 24.3 Å². The Labute approximate surface area is 219 Å². The van der Waals surface area contributed by atoms with Gasteiger partial charge in [-0.1, -0.05) is 65.1 Å². The van der Waals surface area contributed by atoms with E-state index in [1.807, 2.05) is 0 Å². The minimum Gasteiger partial charge on any atom is -0.480 e. The zero-order chi connectivity index (χ0) is 25.5. The maximum absolute atomic E-state index is 13.4. The number of carbonyl (C=O) groups is 4. The molecule has 0 bridgehead atoms. The molecular formula is C20H22Cl3N3O6S2. The van der Waals surface area contributed by atoms with E-state index in [4.69, 9.17) is 39.5 Å². The normalized spacial score (nSPS) is 26.2. The first kappa shape index (κ1) is 27.1. The Morgan fingerprint density at radius 3 is 2.41 bits per heavy atom. The Morgan fingerprint density at radius 2 is 1.88 bits per heavy atom. The average molecular weight is 571 g/mol. The molecule has 2 saturated heterocycles. The van der Waals surface area contributed by atoms with Crippen LogP contribution in [0.4, 0.5) is 4.79 Å². The van der Waals surface area contributed by atoms with Crippen LogP contribution in [-0.4, -0.2) is 71.6 Å². The van der Waals surface area contributed by atoms with Gasteiger partial charge in [-0.2, -0.15) is 0 Å². The van der Waals surface area contributed by atoms with Crippen molar-refractivity contribution < 1.29 is 29.0 Å². The van der Waals surface area contributed by atoms with Crippen molar-refractivity contribution in [1.82, 2.24) is 15.5 Å². The van der Waals surface area contributed by atoms with E-state index < -0.39 is 61.4 Å². The highest BCUT2D eigenvalue weighted by Crippen LogP contribution is 2.57. The number of alkyl carbamates (subject to hydrolysis) is 1. The summed E-state index contributed by atoms with van der Waals surface area (Å²) < 4.78 is 2.28. The fourth-order valence-corrected chi connectivity index (χ4v) is 6.86. The maximum atomic E-state index is 13.4. The average Bonchev–Trinajstić information content (AvgIpc) is 3.03. The molecule has 34 heavy (non-hydrogen) atoms. The fourth-order valence-electron chi connectivity index (χ4n) is 3.89. The molecule has 2 fully saturated rings. The van der Waals surface area contributed by atoms with Gasteiger partial charge >= 0.3 is 12.1 Å². The number of carboxylic acids is 1. The van der Waals surface area contributed by atoms with Crippen LogP contribution in [0.25, 0.3) is 0 Å². The lowest BCUT2D eigenvalue weighted by atomic mass is 9.95. The van der Waals surface area contributed by atoms with E-state index in [0.717, 1.165) is 11.8 Å². The van der Waals surface area contributed by atoms with Crippen LogP contribution in [0.3, 0.4) is 0 Å². The van der Waals surface area contributed by atoms with Crippen LogP contribution in [0.15, 0.2) is 30.3 Å². The highest BCUT2D eigenvalue weighted by molar-refractivity contribution is 8.05. The Kier molecular flexibility index (Phi) is 7.84. The number of carbonyl (C=O) groups excluding carboxylic acids is 3. The summed E-state index contributed by atoms with van der Waals surface area (Å²) in [5, 5.41) is 14.2. The highest BCUT2D eigenvalue weighted by Gasteiger charge is 2.72. The van der Waals surface area contributed by atoms with Gasteiger partial charge in [-0.15, -0.1) is 23.5 Å². The van der Waals surface area contributed by atoms with E-state index in [-0.39, 0.29) is 0 Å². The number of alkyl halides is 3. The first-order chi connectivity index (χ1) is 15.7. The molecule has 1 aromatic rings. The maximum Gasteiger partial charge on any atom is 0.408 e. The molecule has 2 heterocycles. The number of fused-ring (bicyclic) bond motifs is 1. The molecule has 0 saturated carbocycles. The van der Waals surface area contributed by atoms with Crippen molar-refractivity contribution in [3.8, 4) is 0 Å². The third-order valence-electron chi connectivity index (χ3n) is 5.39. The molecule has 3 amide bonds. The summed E-state index contributed by atoms with van der Waals surface area (Å²) in [6.07, 6.45) is 0.648. The summed E-state index contributed by atoms with van der Waals surface area (Å²) in [6, 6.07) is 6.06. The summed E-state index contributed by atoms with van der Waals surface area (Å²) in [4.78, 5) is 50.6. The number of β-lactam (4-membered cyclic amide) rings is 1. The number of ether oxygens (including phenoxy) is 1. The van der Waals surface area contributed by atoms with Crippen molar-refractivity contribution in [3.05, 3.63) is 35.9 Å². The predicted octanol–water partition coefficient (Wildman–Crippen LogP) is 3.15. The SMILES string of the molecule is CS[C@@]1(NC(=O)C(NC(=O)OCC(Cl)(Cl)Cl)c2ccccc2)C(=O)N2[C@@H](C(=O)O)C(C)(C)S[C@@H]21. The van der Waals surface area contributed by atoms with Gasteiger partial charge < -0.3 is 25.4 Å². The third kappa shape index (κ3) is 5.18. The lowest BCUT2D eigenvalue weighted by molar-refractivity contribution is -0.163. The molecule has 0 radical (unpaired) electrons. The second kappa shape index (κ2) is 9.85. The first-order valence-corrected chi connectivity index (χ1v) is 13.1. The van der Waals surface area contributed by atoms with Gasteiger partial charge in [-0.3, -0.25) is 9.59 Å². The molecule has 1 aromatic carbocycles. The largest absolute Gasteiger partial charge is 0.480 e. The van der Waals surface area contributed by atoms with Crippen molar-refractivity contribution >= 4 is 82.2 Å². The Balaban J connectivity index is 1.84. The minimum absolute atomic E-state index is 0.425. The van der Waals surface area contributed by atoms with Gasteiger partial charge in [-0.25, -0.2) is 9.59 Å². The highest BCUT2D eigenvalue weighted by atomic mass is 35.6. The monoisotopic (exact) mass is 569 g/mol. The molecule has 0 aromatic heterocycles. The second-order valence-electron chi connectivity index (χ2n) is 8.14. The van der Waals surface area contributed by atoms with E-state index in [1.165, 1.54) is 16.7 Å². The van der Waals surface area contributed by atoms with E-state index in [1.54, 1.807) is 50.4 Å². The van der Waals surface area contributed by atoms with E-state index >= 15 is 0 Å². The van der Waals surface area contributed by atoms with Gasteiger partial charge in [0, 0.05) is 4.75 Å². The molecule has 4 atom stereocenters. The van der Waals surface area contributed by atoms with Crippen LogP contribution >= 0.6 is 58.3 Å². The van der Waals surface area contributed by atoms with Gasteiger partial charge in [0.1, 0.15) is 24.1 Å². The summed E-state index contributed by atoms with van der Waals surface area (Å²) >= 11 is 19.2. The molecule has 3 N–H and O–H groups in total. The van der Waals surface area contributed by atoms with Crippen LogP contribution in [0.2, 0.25) is 0 Å². The Morgan fingerprint density at radius 1 is 1.26 bits per heavy atom. The van der Waals surface area contributed by atoms with Gasteiger partial charge in [0.2, 0.25) is 9.70 Å². The van der Waals surface area contributed by atoms with Crippen molar-refractivity contribution in [2.24, 2.45) is 0 Å². The number of thioether (sulfide) groups is 2. The molecule has 0 aliphatic carbocycles.